The molecular weight excluding hydrogens is 524 g/mol. The molecule has 0 spiro atoms. The van der Waals surface area contributed by atoms with Crippen LogP contribution in [0.5, 0.6) is 0 Å². The fourth-order valence-corrected chi connectivity index (χ4v) is 5.08. The molecule has 1 fully saturated rings. The zero-order chi connectivity index (χ0) is 24.6. The van der Waals surface area contributed by atoms with E-state index in [4.69, 9.17) is 11.6 Å². The zero-order valence-corrected chi connectivity index (χ0v) is 22.0. The molecule has 0 unspecified atom stereocenters. The van der Waals surface area contributed by atoms with Crippen molar-refractivity contribution >= 4 is 39.3 Å². The fourth-order valence-electron chi connectivity index (χ4n) is 4.61. The van der Waals surface area contributed by atoms with E-state index in [2.05, 4.69) is 21.2 Å². The Morgan fingerprint density at radius 1 is 0.914 bits per heavy atom. The summed E-state index contributed by atoms with van der Waals surface area (Å²) in [6.07, 6.45) is 4.82. The van der Waals surface area contributed by atoms with Crippen LogP contribution in [0.25, 0.3) is 0 Å². The molecule has 3 aromatic rings. The molecule has 0 bridgehead atoms. The number of carbonyl (C=O) groups is 2. The molecule has 3 aromatic carbocycles. The summed E-state index contributed by atoms with van der Waals surface area (Å²) in [5.74, 6) is -0.214. The van der Waals surface area contributed by atoms with Gasteiger partial charge in [-0.2, -0.15) is 0 Å². The third-order valence-corrected chi connectivity index (χ3v) is 7.44. The highest BCUT2D eigenvalue weighted by Crippen LogP contribution is 2.22. The van der Waals surface area contributed by atoms with E-state index < -0.39 is 6.04 Å². The topological polar surface area (TPSA) is 49.4 Å². The second-order valence-electron chi connectivity index (χ2n) is 9.11. The third kappa shape index (κ3) is 7.18. The van der Waals surface area contributed by atoms with Gasteiger partial charge in [0, 0.05) is 28.5 Å². The first-order chi connectivity index (χ1) is 17.0. The summed E-state index contributed by atoms with van der Waals surface area (Å²) < 4.78 is 0.968. The van der Waals surface area contributed by atoms with Gasteiger partial charge in [-0.15, -0.1) is 0 Å². The van der Waals surface area contributed by atoms with E-state index in [9.17, 15) is 9.59 Å². The van der Waals surface area contributed by atoms with Crippen molar-refractivity contribution in [2.75, 3.05) is 0 Å². The number of hydrogen-bond acceptors (Lipinski definition) is 2. The average molecular weight is 554 g/mol. The monoisotopic (exact) mass is 552 g/mol. The van der Waals surface area contributed by atoms with Gasteiger partial charge in [0.2, 0.25) is 11.8 Å². The van der Waals surface area contributed by atoms with Crippen molar-refractivity contribution in [2.24, 2.45) is 0 Å². The number of halogens is 2. The smallest absolute Gasteiger partial charge is 0.243 e. The Morgan fingerprint density at radius 2 is 1.57 bits per heavy atom. The minimum Gasteiger partial charge on any atom is -0.352 e. The van der Waals surface area contributed by atoms with Gasteiger partial charge in [-0.3, -0.25) is 9.59 Å². The predicted molar refractivity (Wildman–Crippen MR) is 144 cm³/mol. The summed E-state index contributed by atoms with van der Waals surface area (Å²) in [6.45, 7) is 0.339. The molecule has 0 aromatic heterocycles. The van der Waals surface area contributed by atoms with Crippen LogP contribution in [0, 0.1) is 0 Å². The predicted octanol–water partition coefficient (Wildman–Crippen LogP) is 6.34. The van der Waals surface area contributed by atoms with E-state index in [1.165, 1.54) is 0 Å². The van der Waals surface area contributed by atoms with Gasteiger partial charge in [0.1, 0.15) is 6.04 Å². The number of carbonyl (C=O) groups excluding carboxylic acids is 2. The van der Waals surface area contributed by atoms with E-state index >= 15 is 0 Å². The Balaban J connectivity index is 1.66. The van der Waals surface area contributed by atoms with Gasteiger partial charge in [-0.25, -0.2) is 0 Å². The highest BCUT2D eigenvalue weighted by molar-refractivity contribution is 9.10. The second kappa shape index (κ2) is 12.4. The number of benzene rings is 3. The maximum atomic E-state index is 13.8. The van der Waals surface area contributed by atoms with Gasteiger partial charge >= 0.3 is 0 Å². The molecule has 6 heteroatoms. The van der Waals surface area contributed by atoms with Crippen molar-refractivity contribution in [1.29, 1.82) is 0 Å². The van der Waals surface area contributed by atoms with Gasteiger partial charge in [-0.1, -0.05) is 101 Å². The lowest BCUT2D eigenvalue weighted by molar-refractivity contribution is -0.141. The number of nitrogens with one attached hydrogen (secondary N) is 1. The van der Waals surface area contributed by atoms with Crippen molar-refractivity contribution in [3.05, 3.63) is 105 Å². The van der Waals surface area contributed by atoms with Crippen LogP contribution in [0.2, 0.25) is 5.02 Å². The summed E-state index contributed by atoms with van der Waals surface area (Å²) in [5.41, 5.74) is 2.74. The summed E-state index contributed by atoms with van der Waals surface area (Å²) in [4.78, 5) is 29.2. The van der Waals surface area contributed by atoms with Crippen LogP contribution in [-0.2, 0) is 29.0 Å². The first-order valence-electron chi connectivity index (χ1n) is 12.1. The third-order valence-electron chi connectivity index (χ3n) is 6.54. The van der Waals surface area contributed by atoms with Gasteiger partial charge in [0.15, 0.2) is 0 Å². The summed E-state index contributed by atoms with van der Waals surface area (Å²) >= 11 is 9.86. The Kier molecular flexibility index (Phi) is 9.00. The SMILES string of the molecule is O=C(NC1CCCC1)[C@@H](Cc1ccccc1)N(Cc1ccc(Br)cc1)C(=O)Cc1ccccc1Cl. The van der Waals surface area contributed by atoms with Gasteiger partial charge in [-0.05, 0) is 47.7 Å². The summed E-state index contributed by atoms with van der Waals surface area (Å²) in [6, 6.07) is 24.7. The van der Waals surface area contributed by atoms with Gasteiger partial charge < -0.3 is 10.2 Å². The van der Waals surface area contributed by atoms with Crippen LogP contribution >= 0.6 is 27.5 Å². The molecule has 0 aliphatic heterocycles. The normalized spacial score (nSPS) is 14.5. The minimum absolute atomic E-state index is 0.0922. The molecule has 1 aliphatic carbocycles. The molecule has 4 rings (SSSR count). The molecule has 1 aliphatic rings. The van der Waals surface area contributed by atoms with Crippen molar-refractivity contribution in [1.82, 2.24) is 10.2 Å². The highest BCUT2D eigenvalue weighted by atomic mass is 79.9. The standard InChI is InChI=1S/C29H30BrClN2O2/c30-24-16-14-22(15-17-24)20-33(28(34)19-23-10-4-7-13-26(23)31)27(18-21-8-2-1-3-9-21)29(35)32-25-11-5-6-12-25/h1-4,7-10,13-17,25,27H,5-6,11-12,18-20H2,(H,32,35)/t27-/m1/s1. The van der Waals surface area contributed by atoms with Crippen LogP contribution in [0.1, 0.15) is 42.4 Å². The molecule has 1 atom stereocenters. The summed E-state index contributed by atoms with van der Waals surface area (Å²) in [7, 11) is 0. The van der Waals surface area contributed by atoms with E-state index in [1.807, 2.05) is 72.8 Å². The molecule has 182 valence electrons. The minimum atomic E-state index is -0.628. The Hall–Kier alpha value is -2.63. The van der Waals surface area contributed by atoms with Crippen molar-refractivity contribution in [3.8, 4) is 0 Å². The first-order valence-corrected chi connectivity index (χ1v) is 13.3. The van der Waals surface area contributed by atoms with Crippen molar-refractivity contribution in [2.45, 2.75) is 57.2 Å². The molecule has 0 heterocycles. The van der Waals surface area contributed by atoms with E-state index in [0.29, 0.717) is 18.0 Å². The molecule has 2 amide bonds. The van der Waals surface area contributed by atoms with Crippen LogP contribution in [-0.4, -0.2) is 28.8 Å². The largest absolute Gasteiger partial charge is 0.352 e. The lowest BCUT2D eigenvalue weighted by Crippen LogP contribution is -2.52. The lowest BCUT2D eigenvalue weighted by atomic mass is 10.0. The first kappa shape index (κ1) is 25.5. The average Bonchev–Trinajstić information content (AvgIpc) is 3.37. The Morgan fingerprint density at radius 3 is 2.26 bits per heavy atom. The van der Waals surface area contributed by atoms with Crippen LogP contribution in [0.3, 0.4) is 0 Å². The second-order valence-corrected chi connectivity index (χ2v) is 10.4. The number of hydrogen-bond donors (Lipinski definition) is 1. The number of rotatable bonds is 9. The summed E-state index contributed by atoms with van der Waals surface area (Å²) in [5, 5.41) is 3.79. The van der Waals surface area contributed by atoms with Crippen molar-refractivity contribution in [3.63, 3.8) is 0 Å². The molecule has 0 saturated heterocycles. The Labute approximate surface area is 220 Å². The van der Waals surface area contributed by atoms with E-state index in [0.717, 1.165) is 46.8 Å². The fraction of sp³-hybridized carbons (Fsp3) is 0.310. The molecule has 1 N–H and O–H groups in total. The molecule has 35 heavy (non-hydrogen) atoms. The molecular formula is C29H30BrClN2O2. The van der Waals surface area contributed by atoms with Gasteiger partial charge in [0.05, 0.1) is 6.42 Å². The maximum absolute atomic E-state index is 13.8. The van der Waals surface area contributed by atoms with Crippen LogP contribution < -0.4 is 5.32 Å². The van der Waals surface area contributed by atoms with Crippen LogP contribution in [0.4, 0.5) is 0 Å². The van der Waals surface area contributed by atoms with Crippen molar-refractivity contribution < 1.29 is 9.59 Å². The highest BCUT2D eigenvalue weighted by Gasteiger charge is 2.32. The van der Waals surface area contributed by atoms with Gasteiger partial charge in [0.25, 0.3) is 0 Å². The van der Waals surface area contributed by atoms with Crippen LogP contribution in [0.15, 0.2) is 83.3 Å². The zero-order valence-electron chi connectivity index (χ0n) is 19.6. The number of nitrogens with zero attached hydrogens (tertiary/aromatic N) is 1. The molecule has 0 radical (unpaired) electrons. The number of amides is 2. The van der Waals surface area contributed by atoms with E-state index in [-0.39, 0.29) is 24.3 Å². The quantitative estimate of drug-likeness (QED) is 0.336. The van der Waals surface area contributed by atoms with E-state index in [1.54, 1.807) is 11.0 Å². The molecule has 4 nitrogen and oxygen atoms in total. The molecule has 1 saturated carbocycles. The maximum Gasteiger partial charge on any atom is 0.243 e. The lowest BCUT2D eigenvalue weighted by Gasteiger charge is -2.32. The Bertz CT molecular complexity index is 1130.